The minimum absolute atomic E-state index is 0.000140. The van der Waals surface area contributed by atoms with Crippen LogP contribution in [0, 0.1) is 28.6 Å². The van der Waals surface area contributed by atoms with Crippen molar-refractivity contribution in [3.05, 3.63) is 59.7 Å². The van der Waals surface area contributed by atoms with Gasteiger partial charge < -0.3 is 14.6 Å². The lowest BCUT2D eigenvalue weighted by atomic mass is 9.44. The molecule has 1 aromatic carbocycles. The Morgan fingerprint density at radius 2 is 1.77 bits per heavy atom. The fourth-order valence-electron chi connectivity index (χ4n) is 8.45. The maximum absolute atomic E-state index is 17.5. The molecule has 0 aromatic heterocycles. The van der Waals surface area contributed by atoms with Crippen molar-refractivity contribution in [2.45, 2.75) is 70.5 Å². The molecular formula is C31H34F2O7. The minimum Gasteiger partial charge on any atom is -0.458 e. The molecule has 7 nitrogen and oxygen atoms in total. The molecule has 1 N–H and O–H groups in total. The first-order valence-electron chi connectivity index (χ1n) is 13.6. The van der Waals surface area contributed by atoms with Crippen LogP contribution in [0.2, 0.25) is 0 Å². The standard InChI is InChI=1S/C31H34F2O7/c1-17-12-21-22-14-24(32)23-13-20(35)10-11-28(23,3)30(22,33)25(36)15-29(21,4)31(17,26(37)16-39-18(2)34)40-27(38)19-8-6-5-7-9-19/h5-11,13,17,21-22,24-25,36H,12,14-16H2,1-4H3/t17-,21-,22-,24-,25?,28-,29-,30-,31-/m0/s1. The van der Waals surface area contributed by atoms with Gasteiger partial charge in [0.1, 0.15) is 6.17 Å². The van der Waals surface area contributed by atoms with E-state index in [1.807, 2.05) is 0 Å². The summed E-state index contributed by atoms with van der Waals surface area (Å²) in [7, 11) is 0. The van der Waals surface area contributed by atoms with Gasteiger partial charge in [-0.1, -0.05) is 38.1 Å². The van der Waals surface area contributed by atoms with E-state index in [9.17, 15) is 24.3 Å². The Labute approximate surface area is 231 Å². The summed E-state index contributed by atoms with van der Waals surface area (Å²) in [6, 6.07) is 8.08. The van der Waals surface area contributed by atoms with Gasteiger partial charge in [0.25, 0.3) is 0 Å². The summed E-state index contributed by atoms with van der Waals surface area (Å²) >= 11 is 0. The lowest BCUT2D eigenvalue weighted by Gasteiger charge is -2.63. The van der Waals surface area contributed by atoms with Gasteiger partial charge in [0.15, 0.2) is 23.7 Å². The molecular weight excluding hydrogens is 522 g/mol. The first kappa shape index (κ1) is 28.3. The molecule has 0 spiro atoms. The highest BCUT2D eigenvalue weighted by molar-refractivity contribution is 6.01. The van der Waals surface area contributed by atoms with Crippen molar-refractivity contribution < 1.29 is 42.5 Å². The highest BCUT2D eigenvalue weighted by atomic mass is 19.1. The van der Waals surface area contributed by atoms with E-state index in [-0.39, 0.29) is 30.4 Å². The molecule has 0 aliphatic heterocycles. The number of fused-ring (bicyclic) bond motifs is 5. The van der Waals surface area contributed by atoms with Crippen LogP contribution in [-0.2, 0) is 23.9 Å². The highest BCUT2D eigenvalue weighted by Gasteiger charge is 2.78. The number of halogens is 2. The molecule has 3 fully saturated rings. The molecule has 5 rings (SSSR count). The molecule has 0 amide bonds. The van der Waals surface area contributed by atoms with Crippen molar-refractivity contribution in [3.8, 4) is 0 Å². The lowest BCUT2D eigenvalue weighted by Crippen LogP contribution is -2.71. The third-order valence-electron chi connectivity index (χ3n) is 10.3. The van der Waals surface area contributed by atoms with Gasteiger partial charge in [-0.25, -0.2) is 13.6 Å². The number of hydrogen-bond donors (Lipinski definition) is 1. The third-order valence-corrected chi connectivity index (χ3v) is 10.3. The SMILES string of the molecule is CC(=O)OCC(=O)[C@@]1(OC(=O)c2ccccc2)[C@@H](C)C[C@H]2[C@@H]3C[C@H](F)C4=CC(=O)C=C[C@]4(C)[C@@]3(F)C(O)C[C@@]21C. The number of esters is 2. The molecule has 0 radical (unpaired) electrons. The predicted molar refractivity (Wildman–Crippen MR) is 139 cm³/mol. The van der Waals surface area contributed by atoms with Gasteiger partial charge in [0, 0.05) is 29.6 Å². The van der Waals surface area contributed by atoms with Gasteiger partial charge in [0.2, 0.25) is 5.78 Å². The van der Waals surface area contributed by atoms with Gasteiger partial charge in [-0.3, -0.25) is 14.4 Å². The van der Waals surface area contributed by atoms with E-state index in [2.05, 4.69) is 0 Å². The van der Waals surface area contributed by atoms with Crippen LogP contribution < -0.4 is 0 Å². The zero-order chi connectivity index (χ0) is 29.3. The number of carbonyl (C=O) groups is 4. The number of benzene rings is 1. The number of Topliss-reactive ketones (excluding diaryl/α,β-unsaturated/α-hetero) is 1. The summed E-state index contributed by atoms with van der Waals surface area (Å²) in [5, 5.41) is 11.6. The number of carbonyl (C=O) groups excluding carboxylic acids is 4. The van der Waals surface area contributed by atoms with Crippen LogP contribution >= 0.6 is 0 Å². The molecule has 1 unspecified atom stereocenters. The maximum atomic E-state index is 17.5. The van der Waals surface area contributed by atoms with Crippen LogP contribution in [0.5, 0.6) is 0 Å². The number of aliphatic hydroxyl groups excluding tert-OH is 1. The van der Waals surface area contributed by atoms with Crippen LogP contribution in [0.1, 0.15) is 57.3 Å². The zero-order valence-corrected chi connectivity index (χ0v) is 23.0. The van der Waals surface area contributed by atoms with E-state index < -0.39 is 82.2 Å². The van der Waals surface area contributed by atoms with Gasteiger partial charge in [-0.15, -0.1) is 0 Å². The molecule has 40 heavy (non-hydrogen) atoms. The molecule has 3 saturated carbocycles. The normalized spacial score (nSPS) is 41.7. The largest absolute Gasteiger partial charge is 0.458 e. The topological polar surface area (TPSA) is 107 Å². The number of hydrogen-bond acceptors (Lipinski definition) is 7. The summed E-state index contributed by atoms with van der Waals surface area (Å²) in [6.07, 6.45) is -0.0227. The van der Waals surface area contributed by atoms with Crippen molar-refractivity contribution in [2.75, 3.05) is 6.61 Å². The van der Waals surface area contributed by atoms with Crippen molar-refractivity contribution in [2.24, 2.45) is 28.6 Å². The molecule has 1 aromatic rings. The van der Waals surface area contributed by atoms with Crippen molar-refractivity contribution in [1.29, 1.82) is 0 Å². The Morgan fingerprint density at radius 3 is 2.42 bits per heavy atom. The first-order chi connectivity index (χ1) is 18.7. The fraction of sp³-hybridized carbons (Fsp3) is 0.548. The monoisotopic (exact) mass is 556 g/mol. The van der Waals surface area contributed by atoms with Gasteiger partial charge in [-0.2, -0.15) is 0 Å². The summed E-state index contributed by atoms with van der Waals surface area (Å²) < 4.78 is 44.4. The lowest BCUT2D eigenvalue weighted by molar-refractivity contribution is -0.224. The molecule has 0 bridgehead atoms. The number of aliphatic hydroxyl groups is 1. The van der Waals surface area contributed by atoms with Crippen molar-refractivity contribution in [3.63, 3.8) is 0 Å². The summed E-state index contributed by atoms with van der Waals surface area (Å²) in [5.41, 5.74) is -6.94. The summed E-state index contributed by atoms with van der Waals surface area (Å²) in [4.78, 5) is 51.1. The summed E-state index contributed by atoms with van der Waals surface area (Å²) in [5.74, 6) is -5.00. The van der Waals surface area contributed by atoms with Crippen LogP contribution in [0.4, 0.5) is 8.78 Å². The average molecular weight is 557 g/mol. The van der Waals surface area contributed by atoms with E-state index in [4.69, 9.17) is 9.47 Å². The number of ketones is 2. The Morgan fingerprint density at radius 1 is 1.10 bits per heavy atom. The fourth-order valence-corrected chi connectivity index (χ4v) is 8.45. The second-order valence-corrected chi connectivity index (χ2v) is 12.2. The highest BCUT2D eigenvalue weighted by Crippen LogP contribution is 2.71. The molecule has 214 valence electrons. The van der Waals surface area contributed by atoms with E-state index in [0.29, 0.717) is 0 Å². The maximum Gasteiger partial charge on any atom is 0.339 e. The van der Waals surface area contributed by atoms with Crippen molar-refractivity contribution in [1.82, 2.24) is 0 Å². The molecule has 4 aliphatic carbocycles. The minimum atomic E-state index is -2.35. The van der Waals surface area contributed by atoms with E-state index >= 15 is 8.78 Å². The molecule has 0 saturated heterocycles. The quantitative estimate of drug-likeness (QED) is 0.540. The number of rotatable bonds is 5. The second-order valence-electron chi connectivity index (χ2n) is 12.2. The van der Waals surface area contributed by atoms with Crippen LogP contribution in [0.3, 0.4) is 0 Å². The van der Waals surface area contributed by atoms with Crippen LogP contribution in [0.25, 0.3) is 0 Å². The van der Waals surface area contributed by atoms with Gasteiger partial charge in [0.05, 0.1) is 11.7 Å². The number of allylic oxidation sites excluding steroid dienone is 4. The number of ether oxygens (including phenoxy) is 2. The zero-order valence-electron chi connectivity index (χ0n) is 23.0. The van der Waals surface area contributed by atoms with E-state index in [0.717, 1.165) is 13.0 Å². The summed E-state index contributed by atoms with van der Waals surface area (Å²) in [6.45, 7) is 5.36. The van der Waals surface area contributed by atoms with Gasteiger partial charge in [-0.05, 0) is 62.0 Å². The Kier molecular flexibility index (Phi) is 6.68. The average Bonchev–Trinajstić information content (AvgIpc) is 3.12. The molecule has 4 aliphatic rings. The van der Waals surface area contributed by atoms with E-state index in [1.165, 1.54) is 31.2 Å². The molecule has 0 heterocycles. The van der Waals surface area contributed by atoms with Crippen LogP contribution in [-0.4, -0.2) is 58.8 Å². The van der Waals surface area contributed by atoms with Crippen LogP contribution in [0.15, 0.2) is 54.1 Å². The molecule has 9 heteroatoms. The van der Waals surface area contributed by atoms with Gasteiger partial charge >= 0.3 is 11.9 Å². The second kappa shape index (κ2) is 9.43. The smallest absolute Gasteiger partial charge is 0.339 e. The Hall–Kier alpha value is -3.20. The number of alkyl halides is 2. The first-order valence-corrected chi connectivity index (χ1v) is 13.6. The Balaban J connectivity index is 1.63. The Bertz CT molecular complexity index is 1320. The van der Waals surface area contributed by atoms with Crippen molar-refractivity contribution >= 4 is 23.5 Å². The predicted octanol–water partition coefficient (Wildman–Crippen LogP) is 4.28. The third kappa shape index (κ3) is 3.69. The van der Waals surface area contributed by atoms with E-state index in [1.54, 1.807) is 32.0 Å². The molecule has 9 atom stereocenters.